The van der Waals surface area contributed by atoms with Crippen molar-refractivity contribution in [1.82, 2.24) is 4.57 Å². The molecule has 0 bridgehead atoms. The molecule has 1 aromatic heterocycles. The van der Waals surface area contributed by atoms with Gasteiger partial charge < -0.3 is 4.57 Å². The largest absolute Gasteiger partial charge is 0.318 e. The molecule has 0 fully saturated rings. The average molecular weight is 365 g/mol. The number of aromatic nitrogens is 1. The number of hydrogen-bond donors (Lipinski definition) is 0. The van der Waals surface area contributed by atoms with E-state index in [2.05, 4.69) is 4.99 Å². The number of rotatable bonds is 5. The first-order valence-electron chi connectivity index (χ1n) is 8.12. The maximum absolute atomic E-state index is 11.1. The summed E-state index contributed by atoms with van der Waals surface area (Å²) in [4.78, 5) is 16.4. The van der Waals surface area contributed by atoms with Crippen LogP contribution < -0.4 is 0 Å². The summed E-state index contributed by atoms with van der Waals surface area (Å²) in [5.74, 6) is 0. The second-order valence-corrected chi connectivity index (χ2v) is 6.72. The zero-order valence-corrected chi connectivity index (χ0v) is 15.7. The Balaban J connectivity index is 2.00. The standard InChI is InChI=1S/C20H19N3O2S/c1-14-11-16(13-21-19-9-4-5-10-20(19)26-3)15(2)22(14)17-7-6-8-18(12-17)23(24)25/h4-13H,1-3H3. The van der Waals surface area contributed by atoms with Crippen LogP contribution in [0.2, 0.25) is 0 Å². The molecule has 0 atom stereocenters. The lowest BCUT2D eigenvalue weighted by Gasteiger charge is -2.09. The quantitative estimate of drug-likeness (QED) is 0.260. The molecule has 0 spiro atoms. The molecular formula is C20H19N3O2S. The maximum atomic E-state index is 11.1. The van der Waals surface area contributed by atoms with Crippen LogP contribution in [-0.4, -0.2) is 22.0 Å². The van der Waals surface area contributed by atoms with Gasteiger partial charge >= 0.3 is 0 Å². The molecule has 1 heterocycles. The number of nitro groups is 1. The van der Waals surface area contributed by atoms with Gasteiger partial charge in [0.25, 0.3) is 5.69 Å². The predicted molar refractivity (Wildman–Crippen MR) is 107 cm³/mol. The van der Waals surface area contributed by atoms with Gasteiger partial charge in [-0.25, -0.2) is 0 Å². The highest BCUT2D eigenvalue weighted by Crippen LogP contribution is 2.28. The highest BCUT2D eigenvalue weighted by molar-refractivity contribution is 7.98. The normalized spacial score (nSPS) is 11.2. The molecule has 0 unspecified atom stereocenters. The van der Waals surface area contributed by atoms with Gasteiger partial charge in [0.1, 0.15) is 0 Å². The highest BCUT2D eigenvalue weighted by Gasteiger charge is 2.12. The molecule has 0 radical (unpaired) electrons. The Morgan fingerprint density at radius 3 is 2.62 bits per heavy atom. The van der Waals surface area contributed by atoms with Crippen LogP contribution in [0.25, 0.3) is 5.69 Å². The van der Waals surface area contributed by atoms with Gasteiger partial charge in [0, 0.05) is 40.2 Å². The molecule has 0 N–H and O–H groups in total. The molecule has 132 valence electrons. The van der Waals surface area contributed by atoms with Crippen LogP contribution in [0.1, 0.15) is 17.0 Å². The number of non-ortho nitro benzene ring substituents is 1. The minimum absolute atomic E-state index is 0.0825. The average Bonchev–Trinajstić information content (AvgIpc) is 2.93. The Labute approximate surface area is 156 Å². The Morgan fingerprint density at radius 2 is 1.88 bits per heavy atom. The van der Waals surface area contributed by atoms with E-state index in [1.165, 1.54) is 6.07 Å². The monoisotopic (exact) mass is 365 g/mol. The number of benzene rings is 2. The second kappa shape index (κ2) is 7.58. The number of aliphatic imine (C=N–C) groups is 1. The summed E-state index contributed by atoms with van der Waals surface area (Å²) in [6.07, 6.45) is 3.88. The molecule has 0 saturated heterocycles. The fraction of sp³-hybridized carbons (Fsp3) is 0.150. The molecule has 0 saturated carbocycles. The maximum Gasteiger partial charge on any atom is 0.271 e. The van der Waals surface area contributed by atoms with Crippen molar-refractivity contribution < 1.29 is 4.92 Å². The molecule has 3 aromatic rings. The highest BCUT2D eigenvalue weighted by atomic mass is 32.2. The minimum atomic E-state index is -0.376. The van der Waals surface area contributed by atoms with Gasteiger partial charge in [-0.3, -0.25) is 15.1 Å². The predicted octanol–water partition coefficient (Wildman–Crippen LogP) is 5.47. The van der Waals surface area contributed by atoms with Crippen molar-refractivity contribution in [3.63, 3.8) is 0 Å². The van der Waals surface area contributed by atoms with Gasteiger partial charge in [0.15, 0.2) is 0 Å². The molecule has 6 heteroatoms. The number of nitrogens with zero attached hydrogens (tertiary/aromatic N) is 3. The van der Waals surface area contributed by atoms with E-state index in [9.17, 15) is 10.1 Å². The fourth-order valence-electron chi connectivity index (χ4n) is 2.94. The zero-order chi connectivity index (χ0) is 18.7. The van der Waals surface area contributed by atoms with E-state index in [1.807, 2.05) is 67.3 Å². The van der Waals surface area contributed by atoms with E-state index < -0.39 is 0 Å². The van der Waals surface area contributed by atoms with Gasteiger partial charge in [-0.05, 0) is 44.4 Å². The first kappa shape index (κ1) is 17.9. The molecule has 3 rings (SSSR count). The summed E-state index contributed by atoms with van der Waals surface area (Å²) in [5.41, 5.74) is 4.78. The van der Waals surface area contributed by atoms with E-state index in [0.29, 0.717) is 0 Å². The summed E-state index contributed by atoms with van der Waals surface area (Å²) in [7, 11) is 0. The van der Waals surface area contributed by atoms with Crippen LogP contribution in [0, 0.1) is 24.0 Å². The Kier molecular flexibility index (Phi) is 5.23. The molecule has 0 amide bonds. The lowest BCUT2D eigenvalue weighted by atomic mass is 10.2. The lowest BCUT2D eigenvalue weighted by molar-refractivity contribution is -0.384. The number of aryl methyl sites for hydroxylation is 1. The first-order chi connectivity index (χ1) is 12.5. The van der Waals surface area contributed by atoms with Gasteiger partial charge in [-0.1, -0.05) is 18.2 Å². The third-order valence-corrected chi connectivity index (χ3v) is 4.98. The molecule has 26 heavy (non-hydrogen) atoms. The zero-order valence-electron chi connectivity index (χ0n) is 14.8. The van der Waals surface area contributed by atoms with E-state index in [0.717, 1.165) is 33.2 Å². The fourth-order valence-corrected chi connectivity index (χ4v) is 3.48. The Bertz CT molecular complexity index is 992. The number of thioether (sulfide) groups is 1. The van der Waals surface area contributed by atoms with Crippen LogP contribution in [-0.2, 0) is 0 Å². The van der Waals surface area contributed by atoms with Crippen LogP contribution in [0.3, 0.4) is 0 Å². The smallest absolute Gasteiger partial charge is 0.271 e. The van der Waals surface area contributed by atoms with Crippen molar-refractivity contribution in [3.8, 4) is 5.69 Å². The topological polar surface area (TPSA) is 60.4 Å². The lowest BCUT2D eigenvalue weighted by Crippen LogP contribution is -2.00. The van der Waals surface area contributed by atoms with E-state index in [4.69, 9.17) is 0 Å². The van der Waals surface area contributed by atoms with Gasteiger partial charge in [-0.15, -0.1) is 11.8 Å². The molecule has 0 aliphatic rings. The van der Waals surface area contributed by atoms with Crippen molar-refractivity contribution in [1.29, 1.82) is 0 Å². The van der Waals surface area contributed by atoms with Gasteiger partial charge in [0.2, 0.25) is 0 Å². The van der Waals surface area contributed by atoms with Crippen molar-refractivity contribution >= 4 is 29.4 Å². The first-order valence-corrected chi connectivity index (χ1v) is 9.34. The van der Waals surface area contributed by atoms with Gasteiger partial charge in [0.05, 0.1) is 16.3 Å². The minimum Gasteiger partial charge on any atom is -0.318 e. The van der Waals surface area contributed by atoms with Crippen molar-refractivity contribution in [2.24, 2.45) is 4.99 Å². The summed E-state index contributed by atoms with van der Waals surface area (Å²) < 4.78 is 2.01. The Morgan fingerprint density at radius 1 is 1.12 bits per heavy atom. The SMILES string of the molecule is CSc1ccccc1N=Cc1cc(C)n(-c2cccc([N+](=O)[O-])c2)c1C. The summed E-state index contributed by atoms with van der Waals surface area (Å²) >= 11 is 1.66. The molecule has 5 nitrogen and oxygen atoms in total. The second-order valence-electron chi connectivity index (χ2n) is 5.87. The molecule has 0 aliphatic carbocycles. The van der Waals surface area contributed by atoms with E-state index in [1.54, 1.807) is 23.9 Å². The molecule has 2 aromatic carbocycles. The van der Waals surface area contributed by atoms with Crippen molar-refractivity contribution in [2.75, 3.05) is 6.26 Å². The third kappa shape index (κ3) is 3.55. The van der Waals surface area contributed by atoms with Crippen LogP contribution in [0.15, 0.2) is 64.5 Å². The number of hydrogen-bond acceptors (Lipinski definition) is 4. The van der Waals surface area contributed by atoms with Crippen molar-refractivity contribution in [3.05, 3.63) is 81.7 Å². The van der Waals surface area contributed by atoms with E-state index >= 15 is 0 Å². The van der Waals surface area contributed by atoms with Gasteiger partial charge in [-0.2, -0.15) is 0 Å². The number of nitro benzene ring substituents is 1. The van der Waals surface area contributed by atoms with E-state index in [-0.39, 0.29) is 10.6 Å². The molecular weight excluding hydrogens is 346 g/mol. The molecule has 0 aliphatic heterocycles. The summed E-state index contributed by atoms with van der Waals surface area (Å²) in [6.45, 7) is 3.98. The van der Waals surface area contributed by atoms with Crippen LogP contribution >= 0.6 is 11.8 Å². The summed E-state index contributed by atoms with van der Waals surface area (Å²) in [5, 5.41) is 11.1. The van der Waals surface area contributed by atoms with Crippen LogP contribution in [0.5, 0.6) is 0 Å². The van der Waals surface area contributed by atoms with Crippen molar-refractivity contribution in [2.45, 2.75) is 18.7 Å². The third-order valence-electron chi connectivity index (χ3n) is 4.20. The summed E-state index contributed by atoms with van der Waals surface area (Å²) in [6, 6.07) is 16.7. The number of para-hydroxylation sites is 1. The Hall–Kier alpha value is -2.86. The van der Waals surface area contributed by atoms with Crippen LogP contribution in [0.4, 0.5) is 11.4 Å².